The lowest BCUT2D eigenvalue weighted by Crippen LogP contribution is -2.32. The van der Waals surface area contributed by atoms with Gasteiger partial charge in [0, 0.05) is 22.9 Å². The molecule has 0 saturated carbocycles. The molecule has 2 aromatic rings. The highest BCUT2D eigenvalue weighted by Crippen LogP contribution is 2.28. The fourth-order valence-electron chi connectivity index (χ4n) is 1.86. The number of benzene rings is 1. The van der Waals surface area contributed by atoms with Gasteiger partial charge < -0.3 is 20.6 Å². The van der Waals surface area contributed by atoms with Gasteiger partial charge in [0.15, 0.2) is 5.88 Å². The SMILES string of the molecule is COc1[nH]c2ccccc2c1C[C@H](N)C(=O)O. The molecule has 0 saturated heterocycles. The third-order valence-electron chi connectivity index (χ3n) is 2.72. The van der Waals surface area contributed by atoms with Gasteiger partial charge in [-0.2, -0.15) is 0 Å². The second kappa shape index (κ2) is 4.47. The number of ether oxygens (including phenoxy) is 1. The number of rotatable bonds is 4. The first-order chi connectivity index (χ1) is 8.13. The third kappa shape index (κ3) is 2.09. The number of nitrogens with two attached hydrogens (primary N) is 1. The molecule has 0 aliphatic heterocycles. The average molecular weight is 234 g/mol. The molecule has 4 N–H and O–H groups in total. The molecule has 2 rings (SSSR count). The molecule has 17 heavy (non-hydrogen) atoms. The fourth-order valence-corrected chi connectivity index (χ4v) is 1.86. The summed E-state index contributed by atoms with van der Waals surface area (Å²) in [5, 5.41) is 9.79. The van der Waals surface area contributed by atoms with E-state index in [1.165, 1.54) is 0 Å². The largest absolute Gasteiger partial charge is 0.482 e. The molecule has 0 radical (unpaired) electrons. The number of fused-ring (bicyclic) bond motifs is 1. The van der Waals surface area contributed by atoms with E-state index in [1.807, 2.05) is 24.3 Å². The highest BCUT2D eigenvalue weighted by atomic mass is 16.5. The van der Waals surface area contributed by atoms with Crippen LogP contribution >= 0.6 is 0 Å². The summed E-state index contributed by atoms with van der Waals surface area (Å²) in [4.78, 5) is 13.9. The smallest absolute Gasteiger partial charge is 0.320 e. The van der Waals surface area contributed by atoms with Crippen LogP contribution in [0, 0.1) is 0 Å². The van der Waals surface area contributed by atoms with E-state index in [4.69, 9.17) is 15.6 Å². The second-order valence-electron chi connectivity index (χ2n) is 3.83. The lowest BCUT2D eigenvalue weighted by Gasteiger charge is -2.07. The highest BCUT2D eigenvalue weighted by Gasteiger charge is 2.18. The maximum atomic E-state index is 10.8. The molecule has 0 aliphatic carbocycles. The van der Waals surface area contributed by atoms with Gasteiger partial charge in [0.05, 0.1) is 7.11 Å². The van der Waals surface area contributed by atoms with Crippen molar-refractivity contribution >= 4 is 16.9 Å². The molecule has 0 bridgehead atoms. The summed E-state index contributed by atoms with van der Waals surface area (Å²) in [6, 6.07) is 6.69. The van der Waals surface area contributed by atoms with Crippen LogP contribution in [0.5, 0.6) is 5.88 Å². The Bertz CT molecular complexity index is 548. The number of carbonyl (C=O) groups is 1. The summed E-state index contributed by atoms with van der Waals surface area (Å²) < 4.78 is 5.21. The zero-order chi connectivity index (χ0) is 12.4. The average Bonchev–Trinajstić information content (AvgIpc) is 2.67. The van der Waals surface area contributed by atoms with Gasteiger partial charge in [-0.15, -0.1) is 0 Å². The summed E-state index contributed by atoms with van der Waals surface area (Å²) in [7, 11) is 1.54. The second-order valence-corrected chi connectivity index (χ2v) is 3.83. The topological polar surface area (TPSA) is 88.3 Å². The van der Waals surface area contributed by atoms with Crippen molar-refractivity contribution in [3.63, 3.8) is 0 Å². The number of aromatic nitrogens is 1. The van der Waals surface area contributed by atoms with Crippen molar-refractivity contribution in [1.82, 2.24) is 4.98 Å². The molecule has 1 atom stereocenters. The molecule has 5 nitrogen and oxygen atoms in total. The van der Waals surface area contributed by atoms with Crippen molar-refractivity contribution in [3.05, 3.63) is 29.8 Å². The van der Waals surface area contributed by atoms with E-state index in [1.54, 1.807) is 7.11 Å². The Morgan fingerprint density at radius 2 is 2.24 bits per heavy atom. The van der Waals surface area contributed by atoms with Crippen molar-refractivity contribution in [2.24, 2.45) is 5.73 Å². The van der Waals surface area contributed by atoms with E-state index in [0.717, 1.165) is 16.5 Å². The maximum absolute atomic E-state index is 10.8. The minimum Gasteiger partial charge on any atom is -0.482 e. The molecule has 5 heteroatoms. The molecule has 0 fully saturated rings. The predicted octanol–water partition coefficient (Wildman–Crippen LogP) is 1.13. The van der Waals surface area contributed by atoms with E-state index in [9.17, 15) is 4.79 Å². The highest BCUT2D eigenvalue weighted by molar-refractivity contribution is 5.87. The van der Waals surface area contributed by atoms with Gasteiger partial charge in [0.25, 0.3) is 0 Å². The molecule has 1 heterocycles. The Morgan fingerprint density at radius 1 is 1.53 bits per heavy atom. The van der Waals surface area contributed by atoms with Gasteiger partial charge in [-0.3, -0.25) is 4.79 Å². The van der Waals surface area contributed by atoms with E-state index >= 15 is 0 Å². The number of hydrogen-bond donors (Lipinski definition) is 3. The van der Waals surface area contributed by atoms with Crippen molar-refractivity contribution in [1.29, 1.82) is 0 Å². The molecule has 0 unspecified atom stereocenters. The van der Waals surface area contributed by atoms with Crippen LogP contribution in [0.3, 0.4) is 0 Å². The van der Waals surface area contributed by atoms with Crippen molar-refractivity contribution in [3.8, 4) is 5.88 Å². The van der Waals surface area contributed by atoms with E-state index in [2.05, 4.69) is 4.98 Å². The number of methoxy groups -OCH3 is 1. The first kappa shape index (κ1) is 11.5. The summed E-state index contributed by atoms with van der Waals surface area (Å²) in [5.41, 5.74) is 7.27. The first-order valence-corrected chi connectivity index (χ1v) is 5.25. The van der Waals surface area contributed by atoms with E-state index < -0.39 is 12.0 Å². The van der Waals surface area contributed by atoms with E-state index in [-0.39, 0.29) is 6.42 Å². The van der Waals surface area contributed by atoms with Gasteiger partial charge in [0.1, 0.15) is 6.04 Å². The Kier molecular flexibility index (Phi) is 3.01. The molecule has 1 aromatic heterocycles. The maximum Gasteiger partial charge on any atom is 0.320 e. The Hall–Kier alpha value is -2.01. The summed E-state index contributed by atoms with van der Waals surface area (Å²) >= 11 is 0. The number of carboxylic acid groups (broad SMARTS) is 1. The molecule has 0 spiro atoms. The summed E-state index contributed by atoms with van der Waals surface area (Å²) in [5.74, 6) is -0.444. The van der Waals surface area contributed by atoms with Crippen LogP contribution in [-0.4, -0.2) is 29.2 Å². The van der Waals surface area contributed by atoms with Gasteiger partial charge in [0.2, 0.25) is 0 Å². The van der Waals surface area contributed by atoms with Crippen LogP contribution in [0.4, 0.5) is 0 Å². The molecule has 90 valence electrons. The standard InChI is InChI=1S/C12H14N2O3/c1-17-11-8(6-9(13)12(15)16)7-4-2-3-5-10(7)14-11/h2-5,9,14H,6,13H2,1H3,(H,15,16)/t9-/m0/s1. The number of aromatic amines is 1. The summed E-state index contributed by atoms with van der Waals surface area (Å²) in [6.07, 6.45) is 0.239. The molecular formula is C12H14N2O3. The number of H-pyrrole nitrogens is 1. The number of nitrogens with one attached hydrogen (secondary N) is 1. The van der Waals surface area contributed by atoms with Crippen LogP contribution in [0.15, 0.2) is 24.3 Å². The Balaban J connectivity index is 2.46. The van der Waals surface area contributed by atoms with Crippen molar-refractivity contribution in [2.75, 3.05) is 7.11 Å². The zero-order valence-corrected chi connectivity index (χ0v) is 9.43. The number of carboxylic acids is 1. The Morgan fingerprint density at radius 3 is 2.88 bits per heavy atom. The minimum atomic E-state index is -1.02. The van der Waals surface area contributed by atoms with Crippen LogP contribution in [-0.2, 0) is 11.2 Å². The lowest BCUT2D eigenvalue weighted by atomic mass is 10.1. The third-order valence-corrected chi connectivity index (χ3v) is 2.72. The van der Waals surface area contributed by atoms with Crippen molar-refractivity contribution in [2.45, 2.75) is 12.5 Å². The molecular weight excluding hydrogens is 220 g/mol. The van der Waals surface area contributed by atoms with Crippen LogP contribution in [0.2, 0.25) is 0 Å². The van der Waals surface area contributed by atoms with Gasteiger partial charge in [-0.25, -0.2) is 0 Å². The molecule has 0 amide bonds. The van der Waals surface area contributed by atoms with Crippen LogP contribution < -0.4 is 10.5 Å². The van der Waals surface area contributed by atoms with E-state index in [0.29, 0.717) is 5.88 Å². The number of para-hydroxylation sites is 1. The Labute approximate surface area is 98.2 Å². The molecule has 1 aromatic carbocycles. The number of hydrogen-bond acceptors (Lipinski definition) is 3. The lowest BCUT2D eigenvalue weighted by molar-refractivity contribution is -0.138. The number of aliphatic carboxylic acids is 1. The fraction of sp³-hybridized carbons (Fsp3) is 0.250. The zero-order valence-electron chi connectivity index (χ0n) is 9.43. The predicted molar refractivity (Wildman–Crippen MR) is 64.2 cm³/mol. The minimum absolute atomic E-state index is 0.239. The monoisotopic (exact) mass is 234 g/mol. The van der Waals surface area contributed by atoms with Gasteiger partial charge >= 0.3 is 5.97 Å². The summed E-state index contributed by atoms with van der Waals surface area (Å²) in [6.45, 7) is 0. The van der Waals surface area contributed by atoms with Gasteiger partial charge in [-0.05, 0) is 6.07 Å². The van der Waals surface area contributed by atoms with Crippen LogP contribution in [0.25, 0.3) is 10.9 Å². The normalized spacial score (nSPS) is 12.6. The quantitative estimate of drug-likeness (QED) is 0.740. The van der Waals surface area contributed by atoms with Gasteiger partial charge in [-0.1, -0.05) is 18.2 Å². The van der Waals surface area contributed by atoms with Crippen LogP contribution in [0.1, 0.15) is 5.56 Å². The van der Waals surface area contributed by atoms with Crippen molar-refractivity contribution < 1.29 is 14.6 Å². The first-order valence-electron chi connectivity index (χ1n) is 5.25. The molecule has 0 aliphatic rings.